The van der Waals surface area contributed by atoms with Crippen molar-refractivity contribution in [2.45, 2.75) is 46.1 Å². The Hall–Kier alpha value is -2.24. The quantitative estimate of drug-likeness (QED) is 0.851. The third-order valence-electron chi connectivity index (χ3n) is 4.89. The maximum atomic E-state index is 12.8. The molecule has 2 aliphatic heterocycles. The van der Waals surface area contributed by atoms with Gasteiger partial charge in [0.1, 0.15) is 5.41 Å². The summed E-state index contributed by atoms with van der Waals surface area (Å²) in [5, 5.41) is 2.88. The van der Waals surface area contributed by atoms with Crippen molar-refractivity contribution in [3.63, 3.8) is 0 Å². The van der Waals surface area contributed by atoms with Crippen molar-refractivity contribution in [2.75, 3.05) is 19.9 Å². The molecule has 0 spiro atoms. The van der Waals surface area contributed by atoms with Crippen molar-refractivity contribution in [1.29, 1.82) is 0 Å². The second-order valence-electron chi connectivity index (χ2n) is 7.20. The van der Waals surface area contributed by atoms with Crippen LogP contribution in [0.4, 0.5) is 0 Å². The summed E-state index contributed by atoms with van der Waals surface area (Å²) in [5.41, 5.74) is -0.156. The molecule has 1 fully saturated rings. The second-order valence-corrected chi connectivity index (χ2v) is 7.20. The molecule has 0 aromatic heterocycles. The van der Waals surface area contributed by atoms with Crippen LogP contribution >= 0.6 is 0 Å². The lowest BCUT2D eigenvalue weighted by molar-refractivity contribution is -0.148. The Balaban J connectivity index is 1.59. The smallest absolute Gasteiger partial charge is 0.237 e. The number of likely N-dealkylation sites (tertiary alicyclic amines) is 1. The van der Waals surface area contributed by atoms with E-state index in [2.05, 4.69) is 5.32 Å². The number of nitrogens with zero attached hydrogens (tertiary/aromatic N) is 1. The van der Waals surface area contributed by atoms with E-state index in [0.29, 0.717) is 18.0 Å². The molecule has 1 saturated heterocycles. The number of amides is 2. The van der Waals surface area contributed by atoms with E-state index in [0.717, 1.165) is 44.3 Å². The van der Waals surface area contributed by atoms with Gasteiger partial charge in [-0.2, -0.15) is 0 Å². The standard InChI is InChI=1S/C19H26N2O4/c1-19(2,18(23)21-9-5-3-4-6-10-21)17(22)20-12-14-7-8-15-16(11-14)25-13-24-15/h7-8,11H,3-6,9-10,12-13H2,1-2H3,(H,20,22). The molecule has 136 valence electrons. The highest BCUT2D eigenvalue weighted by Gasteiger charge is 2.39. The summed E-state index contributed by atoms with van der Waals surface area (Å²) in [5.74, 6) is 1.07. The Morgan fingerprint density at radius 2 is 1.76 bits per heavy atom. The van der Waals surface area contributed by atoms with Crippen molar-refractivity contribution in [3.05, 3.63) is 23.8 Å². The fourth-order valence-corrected chi connectivity index (χ4v) is 3.22. The van der Waals surface area contributed by atoms with Gasteiger partial charge in [0.2, 0.25) is 18.6 Å². The minimum atomic E-state index is -1.07. The minimum absolute atomic E-state index is 0.0856. The van der Waals surface area contributed by atoms with Gasteiger partial charge in [-0.1, -0.05) is 18.9 Å². The van der Waals surface area contributed by atoms with Crippen LogP contribution in [-0.2, 0) is 16.1 Å². The maximum absolute atomic E-state index is 12.8. The fourth-order valence-electron chi connectivity index (χ4n) is 3.22. The van der Waals surface area contributed by atoms with E-state index in [1.165, 1.54) is 0 Å². The van der Waals surface area contributed by atoms with E-state index in [9.17, 15) is 9.59 Å². The number of fused-ring (bicyclic) bond motifs is 1. The lowest BCUT2D eigenvalue weighted by Gasteiger charge is -2.30. The van der Waals surface area contributed by atoms with Crippen molar-refractivity contribution >= 4 is 11.8 Å². The third kappa shape index (κ3) is 3.89. The van der Waals surface area contributed by atoms with E-state index >= 15 is 0 Å². The molecule has 0 radical (unpaired) electrons. The Morgan fingerprint density at radius 1 is 1.08 bits per heavy atom. The van der Waals surface area contributed by atoms with Crippen LogP contribution in [0.15, 0.2) is 18.2 Å². The summed E-state index contributed by atoms with van der Waals surface area (Å²) < 4.78 is 10.6. The maximum Gasteiger partial charge on any atom is 0.237 e. The number of carbonyl (C=O) groups is 2. The predicted molar refractivity (Wildman–Crippen MR) is 93.2 cm³/mol. The van der Waals surface area contributed by atoms with Crippen LogP contribution in [0.2, 0.25) is 0 Å². The number of hydrogen-bond donors (Lipinski definition) is 1. The van der Waals surface area contributed by atoms with Gasteiger partial charge < -0.3 is 19.7 Å². The Kier molecular flexibility index (Phi) is 5.16. The summed E-state index contributed by atoms with van der Waals surface area (Å²) in [7, 11) is 0. The molecule has 2 amide bonds. The average Bonchev–Trinajstić information content (AvgIpc) is 2.90. The first-order chi connectivity index (χ1) is 12.0. The molecule has 0 aliphatic carbocycles. The molecule has 1 N–H and O–H groups in total. The first kappa shape index (κ1) is 17.6. The van der Waals surface area contributed by atoms with Gasteiger partial charge in [0, 0.05) is 19.6 Å². The highest BCUT2D eigenvalue weighted by molar-refractivity contribution is 6.04. The molecule has 2 heterocycles. The Labute approximate surface area is 148 Å². The molecule has 0 bridgehead atoms. The molecule has 0 saturated carbocycles. The van der Waals surface area contributed by atoms with E-state index in [1.807, 2.05) is 23.1 Å². The minimum Gasteiger partial charge on any atom is -0.454 e. The van der Waals surface area contributed by atoms with Crippen LogP contribution < -0.4 is 14.8 Å². The number of rotatable bonds is 4. The number of benzene rings is 1. The largest absolute Gasteiger partial charge is 0.454 e. The molecule has 1 aromatic rings. The van der Waals surface area contributed by atoms with Crippen LogP contribution in [0.5, 0.6) is 11.5 Å². The molecule has 0 unspecified atom stereocenters. The lowest BCUT2D eigenvalue weighted by Crippen LogP contribution is -2.49. The van der Waals surface area contributed by atoms with Gasteiger partial charge in [0.05, 0.1) is 0 Å². The van der Waals surface area contributed by atoms with Crippen LogP contribution in [0.3, 0.4) is 0 Å². The van der Waals surface area contributed by atoms with E-state index < -0.39 is 5.41 Å². The number of hydrogen-bond acceptors (Lipinski definition) is 4. The van der Waals surface area contributed by atoms with Crippen LogP contribution in [-0.4, -0.2) is 36.6 Å². The van der Waals surface area contributed by atoms with Gasteiger partial charge in [0.15, 0.2) is 11.5 Å². The highest BCUT2D eigenvalue weighted by Crippen LogP contribution is 2.32. The topological polar surface area (TPSA) is 67.9 Å². The molecule has 0 atom stereocenters. The van der Waals surface area contributed by atoms with Gasteiger partial charge in [-0.3, -0.25) is 9.59 Å². The zero-order valence-corrected chi connectivity index (χ0v) is 15.0. The van der Waals surface area contributed by atoms with Gasteiger partial charge in [-0.05, 0) is 44.4 Å². The summed E-state index contributed by atoms with van der Waals surface area (Å²) in [6, 6.07) is 5.57. The Morgan fingerprint density at radius 3 is 2.48 bits per heavy atom. The molecule has 6 nitrogen and oxygen atoms in total. The first-order valence-electron chi connectivity index (χ1n) is 8.95. The molecule has 25 heavy (non-hydrogen) atoms. The fraction of sp³-hybridized carbons (Fsp3) is 0.579. The van der Waals surface area contributed by atoms with Crippen molar-refractivity contribution in [1.82, 2.24) is 10.2 Å². The van der Waals surface area contributed by atoms with Crippen molar-refractivity contribution < 1.29 is 19.1 Å². The zero-order valence-electron chi connectivity index (χ0n) is 15.0. The summed E-state index contributed by atoms with van der Waals surface area (Å²) in [6.45, 7) is 5.48. The molecule has 6 heteroatoms. The van der Waals surface area contributed by atoms with Crippen molar-refractivity contribution in [2.24, 2.45) is 5.41 Å². The highest BCUT2D eigenvalue weighted by atomic mass is 16.7. The number of ether oxygens (including phenoxy) is 2. The zero-order chi connectivity index (χ0) is 17.9. The second kappa shape index (κ2) is 7.33. The normalized spacial score (nSPS) is 17.1. The van der Waals surface area contributed by atoms with E-state index in [4.69, 9.17) is 9.47 Å². The number of nitrogens with one attached hydrogen (secondary N) is 1. The molecule has 2 aliphatic rings. The van der Waals surface area contributed by atoms with E-state index in [1.54, 1.807) is 13.8 Å². The SMILES string of the molecule is CC(C)(C(=O)NCc1ccc2c(c1)OCO2)C(=O)N1CCCCCC1. The Bertz CT molecular complexity index is 649. The van der Waals surface area contributed by atoms with Crippen LogP contribution in [0.1, 0.15) is 45.1 Å². The molecule has 1 aromatic carbocycles. The first-order valence-corrected chi connectivity index (χ1v) is 8.95. The summed E-state index contributed by atoms with van der Waals surface area (Å²) in [6.07, 6.45) is 4.34. The molecular weight excluding hydrogens is 320 g/mol. The van der Waals surface area contributed by atoms with Gasteiger partial charge in [0.25, 0.3) is 0 Å². The van der Waals surface area contributed by atoms with Crippen molar-refractivity contribution in [3.8, 4) is 11.5 Å². The van der Waals surface area contributed by atoms with E-state index in [-0.39, 0.29) is 18.6 Å². The molecule has 3 rings (SSSR count). The van der Waals surface area contributed by atoms with Gasteiger partial charge in [-0.25, -0.2) is 0 Å². The van der Waals surface area contributed by atoms with Crippen LogP contribution in [0, 0.1) is 5.41 Å². The van der Waals surface area contributed by atoms with Crippen LogP contribution in [0.25, 0.3) is 0 Å². The summed E-state index contributed by atoms with van der Waals surface area (Å²) in [4.78, 5) is 27.3. The lowest BCUT2D eigenvalue weighted by atomic mass is 9.90. The predicted octanol–water partition coefficient (Wildman–Crippen LogP) is 2.46. The average molecular weight is 346 g/mol. The molecular formula is C19H26N2O4. The monoisotopic (exact) mass is 346 g/mol. The van der Waals surface area contributed by atoms with Gasteiger partial charge in [-0.15, -0.1) is 0 Å². The third-order valence-corrected chi connectivity index (χ3v) is 4.89. The summed E-state index contributed by atoms with van der Waals surface area (Å²) >= 11 is 0. The van der Waals surface area contributed by atoms with Gasteiger partial charge >= 0.3 is 0 Å². The number of carbonyl (C=O) groups excluding carboxylic acids is 2.